The predicted octanol–water partition coefficient (Wildman–Crippen LogP) is 0.151. The van der Waals surface area contributed by atoms with E-state index < -0.39 is 6.09 Å². The second kappa shape index (κ2) is 2.51. The van der Waals surface area contributed by atoms with Gasteiger partial charge in [0, 0.05) is 6.08 Å². The summed E-state index contributed by atoms with van der Waals surface area (Å²) in [7, 11) is 1.24. The van der Waals surface area contributed by atoms with E-state index in [1.54, 1.807) is 6.08 Å². The first-order chi connectivity index (χ1) is 4.75. The zero-order chi connectivity index (χ0) is 7.56. The van der Waals surface area contributed by atoms with Crippen LogP contribution in [-0.2, 0) is 9.53 Å². The molecule has 0 aromatic carbocycles. The van der Waals surface area contributed by atoms with E-state index in [0.717, 1.165) is 4.90 Å². The SMILES string of the molecule is COC(=O)N1CC=CC1=O. The van der Waals surface area contributed by atoms with Crippen LogP contribution in [0.3, 0.4) is 0 Å². The number of nitrogens with zero attached hydrogens (tertiary/aromatic N) is 1. The number of rotatable bonds is 0. The third-order valence-corrected chi connectivity index (χ3v) is 1.21. The van der Waals surface area contributed by atoms with Crippen LogP contribution in [0.5, 0.6) is 0 Å². The lowest BCUT2D eigenvalue weighted by Gasteiger charge is -2.09. The standard InChI is InChI=1S/C6H7NO3/c1-10-6(9)7-4-2-3-5(7)8/h2-3H,4H2,1H3. The van der Waals surface area contributed by atoms with Crippen LogP contribution in [0.2, 0.25) is 0 Å². The number of amides is 2. The molecule has 0 spiro atoms. The van der Waals surface area contributed by atoms with Gasteiger partial charge >= 0.3 is 6.09 Å². The Morgan fingerprint density at radius 3 is 2.90 bits per heavy atom. The summed E-state index contributed by atoms with van der Waals surface area (Å²) in [6, 6.07) is 0. The Hall–Kier alpha value is -1.32. The molecule has 0 N–H and O–H groups in total. The summed E-state index contributed by atoms with van der Waals surface area (Å²) in [6.45, 7) is 0.325. The summed E-state index contributed by atoms with van der Waals surface area (Å²) in [5.74, 6) is -0.313. The first kappa shape index (κ1) is 6.80. The Kier molecular flexibility index (Phi) is 1.71. The number of carbonyl (C=O) groups excluding carboxylic acids is 2. The lowest BCUT2D eigenvalue weighted by molar-refractivity contribution is -0.122. The Balaban J connectivity index is 2.59. The molecule has 0 unspecified atom stereocenters. The first-order valence-corrected chi connectivity index (χ1v) is 2.81. The summed E-state index contributed by atoms with van der Waals surface area (Å²) in [5.41, 5.74) is 0. The molecule has 0 atom stereocenters. The number of carbonyl (C=O) groups is 2. The number of hydrogen-bond acceptors (Lipinski definition) is 3. The molecule has 0 saturated carbocycles. The molecule has 1 rings (SSSR count). The molecule has 1 aliphatic rings. The van der Waals surface area contributed by atoms with Crippen LogP contribution in [0.4, 0.5) is 4.79 Å². The molecular weight excluding hydrogens is 134 g/mol. The van der Waals surface area contributed by atoms with E-state index in [-0.39, 0.29) is 5.91 Å². The zero-order valence-corrected chi connectivity index (χ0v) is 5.53. The van der Waals surface area contributed by atoms with Crippen LogP contribution in [0, 0.1) is 0 Å². The summed E-state index contributed by atoms with van der Waals surface area (Å²) >= 11 is 0. The van der Waals surface area contributed by atoms with Gasteiger partial charge in [0.25, 0.3) is 5.91 Å². The maximum absolute atomic E-state index is 10.7. The highest BCUT2D eigenvalue weighted by Crippen LogP contribution is 2.02. The highest BCUT2D eigenvalue weighted by atomic mass is 16.5. The minimum atomic E-state index is -0.602. The first-order valence-electron chi connectivity index (χ1n) is 2.81. The number of ether oxygens (including phenoxy) is 1. The van der Waals surface area contributed by atoms with Gasteiger partial charge in [0.1, 0.15) is 0 Å². The molecular formula is C6H7NO3. The molecule has 0 aromatic rings. The second-order valence-electron chi connectivity index (χ2n) is 1.82. The molecule has 0 aliphatic carbocycles. The van der Waals surface area contributed by atoms with Gasteiger partial charge in [0.05, 0.1) is 13.7 Å². The number of hydrogen-bond donors (Lipinski definition) is 0. The van der Waals surface area contributed by atoms with Crippen molar-refractivity contribution in [2.75, 3.05) is 13.7 Å². The maximum atomic E-state index is 10.7. The molecule has 54 valence electrons. The van der Waals surface area contributed by atoms with Crippen molar-refractivity contribution in [1.29, 1.82) is 0 Å². The van der Waals surface area contributed by atoms with Gasteiger partial charge in [-0.05, 0) is 0 Å². The fourth-order valence-electron chi connectivity index (χ4n) is 0.714. The molecule has 1 heterocycles. The fraction of sp³-hybridized carbons (Fsp3) is 0.333. The minimum Gasteiger partial charge on any atom is -0.452 e. The average Bonchev–Trinajstić information content (AvgIpc) is 2.34. The van der Waals surface area contributed by atoms with E-state index >= 15 is 0 Å². The monoisotopic (exact) mass is 141 g/mol. The molecule has 0 aromatic heterocycles. The largest absolute Gasteiger partial charge is 0.452 e. The van der Waals surface area contributed by atoms with Gasteiger partial charge in [0.2, 0.25) is 0 Å². The average molecular weight is 141 g/mol. The molecule has 0 radical (unpaired) electrons. The summed E-state index contributed by atoms with van der Waals surface area (Å²) in [4.78, 5) is 22.4. The van der Waals surface area contributed by atoms with Gasteiger partial charge in [-0.2, -0.15) is 0 Å². The van der Waals surface area contributed by atoms with E-state index in [9.17, 15) is 9.59 Å². The van der Waals surface area contributed by atoms with Gasteiger partial charge in [0.15, 0.2) is 0 Å². The zero-order valence-electron chi connectivity index (χ0n) is 5.53. The van der Waals surface area contributed by atoms with Gasteiger partial charge < -0.3 is 4.74 Å². The van der Waals surface area contributed by atoms with Crippen molar-refractivity contribution < 1.29 is 14.3 Å². The van der Waals surface area contributed by atoms with Gasteiger partial charge in [-0.1, -0.05) is 6.08 Å². The van der Waals surface area contributed by atoms with Crippen LogP contribution in [-0.4, -0.2) is 30.6 Å². The van der Waals surface area contributed by atoms with Crippen LogP contribution in [0.1, 0.15) is 0 Å². The second-order valence-corrected chi connectivity index (χ2v) is 1.82. The third kappa shape index (κ3) is 1.00. The fourth-order valence-corrected chi connectivity index (χ4v) is 0.714. The normalized spacial score (nSPS) is 16.1. The van der Waals surface area contributed by atoms with Crippen LogP contribution >= 0.6 is 0 Å². The van der Waals surface area contributed by atoms with Crippen LogP contribution in [0.15, 0.2) is 12.2 Å². The van der Waals surface area contributed by atoms with Crippen molar-refractivity contribution in [2.45, 2.75) is 0 Å². The van der Waals surface area contributed by atoms with E-state index in [1.165, 1.54) is 13.2 Å². The topological polar surface area (TPSA) is 46.6 Å². The van der Waals surface area contributed by atoms with Crippen molar-refractivity contribution >= 4 is 12.0 Å². The van der Waals surface area contributed by atoms with Crippen LogP contribution < -0.4 is 0 Å². The Bertz CT molecular complexity index is 197. The lowest BCUT2D eigenvalue weighted by atomic mass is 10.6. The van der Waals surface area contributed by atoms with E-state index in [4.69, 9.17) is 0 Å². The van der Waals surface area contributed by atoms with E-state index in [2.05, 4.69) is 4.74 Å². The lowest BCUT2D eigenvalue weighted by Crippen LogP contribution is -2.32. The van der Waals surface area contributed by atoms with Crippen LogP contribution in [0.25, 0.3) is 0 Å². The third-order valence-electron chi connectivity index (χ3n) is 1.21. The van der Waals surface area contributed by atoms with Crippen molar-refractivity contribution in [3.8, 4) is 0 Å². The molecule has 10 heavy (non-hydrogen) atoms. The maximum Gasteiger partial charge on any atom is 0.416 e. The Labute approximate surface area is 58.1 Å². The van der Waals surface area contributed by atoms with Gasteiger partial charge in [-0.3, -0.25) is 4.79 Å². The molecule has 2 amide bonds. The van der Waals surface area contributed by atoms with Crippen molar-refractivity contribution in [3.63, 3.8) is 0 Å². The molecule has 1 aliphatic heterocycles. The van der Waals surface area contributed by atoms with Crippen molar-refractivity contribution in [2.24, 2.45) is 0 Å². The highest BCUT2D eigenvalue weighted by molar-refractivity contribution is 6.00. The molecule has 0 bridgehead atoms. The van der Waals surface area contributed by atoms with Gasteiger partial charge in [-0.25, -0.2) is 9.69 Å². The van der Waals surface area contributed by atoms with Crippen molar-refractivity contribution in [1.82, 2.24) is 4.90 Å². The Morgan fingerprint density at radius 2 is 2.50 bits per heavy atom. The summed E-state index contributed by atoms with van der Waals surface area (Å²) in [6.07, 6.45) is 2.35. The summed E-state index contributed by atoms with van der Waals surface area (Å²) in [5, 5.41) is 0. The van der Waals surface area contributed by atoms with E-state index in [0.29, 0.717) is 6.54 Å². The molecule has 0 saturated heterocycles. The smallest absolute Gasteiger partial charge is 0.416 e. The highest BCUT2D eigenvalue weighted by Gasteiger charge is 2.22. The van der Waals surface area contributed by atoms with E-state index in [1.807, 2.05) is 0 Å². The number of imide groups is 1. The molecule has 0 fully saturated rings. The quantitative estimate of drug-likeness (QED) is 0.482. The molecule has 4 nitrogen and oxygen atoms in total. The van der Waals surface area contributed by atoms with Crippen molar-refractivity contribution in [3.05, 3.63) is 12.2 Å². The summed E-state index contributed by atoms with van der Waals surface area (Å²) < 4.78 is 4.33. The minimum absolute atomic E-state index is 0.313. The van der Waals surface area contributed by atoms with Gasteiger partial charge in [-0.15, -0.1) is 0 Å². The molecule has 4 heteroatoms. The number of methoxy groups -OCH3 is 1. The Morgan fingerprint density at radius 1 is 1.80 bits per heavy atom. The predicted molar refractivity (Wildman–Crippen MR) is 33.3 cm³/mol.